The van der Waals surface area contributed by atoms with Gasteiger partial charge in [0, 0.05) is 51.7 Å². The maximum absolute atomic E-state index is 6.38. The third-order valence-electron chi connectivity index (χ3n) is 5.80. The standard InChI is InChI=1S/C25H14N4O/c1-2-8-20-17(6-1)22-23-21(19-14-27-12-9-16(19)24(22)30-20)18-7-4-11-28-25(18)29(23)15-5-3-10-26-13-15/h1-14H. The van der Waals surface area contributed by atoms with E-state index in [1.807, 2.05) is 55.1 Å². The highest BCUT2D eigenvalue weighted by Gasteiger charge is 2.23. The molecule has 2 aromatic carbocycles. The molecule has 0 fully saturated rings. The fourth-order valence-electron chi connectivity index (χ4n) is 4.62. The minimum absolute atomic E-state index is 0.869. The van der Waals surface area contributed by atoms with Crippen molar-refractivity contribution in [3.8, 4) is 5.69 Å². The largest absolute Gasteiger partial charge is 0.455 e. The smallest absolute Gasteiger partial charge is 0.145 e. The summed E-state index contributed by atoms with van der Waals surface area (Å²) in [6.07, 6.45) is 9.23. The van der Waals surface area contributed by atoms with Crippen molar-refractivity contribution in [3.05, 3.63) is 85.6 Å². The first kappa shape index (κ1) is 15.6. The Kier molecular flexibility index (Phi) is 2.94. The van der Waals surface area contributed by atoms with Crippen LogP contribution in [0.4, 0.5) is 0 Å². The van der Waals surface area contributed by atoms with Crippen LogP contribution in [0, 0.1) is 0 Å². The van der Waals surface area contributed by atoms with E-state index in [1.54, 1.807) is 6.20 Å². The third kappa shape index (κ3) is 1.89. The van der Waals surface area contributed by atoms with Gasteiger partial charge in [0.05, 0.1) is 22.8 Å². The molecule has 140 valence electrons. The Hall–Kier alpha value is -4.25. The summed E-state index contributed by atoms with van der Waals surface area (Å²) in [5.41, 5.74) is 4.66. The van der Waals surface area contributed by atoms with Crippen LogP contribution in [0.1, 0.15) is 0 Å². The van der Waals surface area contributed by atoms with E-state index in [4.69, 9.17) is 9.40 Å². The third-order valence-corrected chi connectivity index (χ3v) is 5.80. The van der Waals surface area contributed by atoms with Crippen molar-refractivity contribution in [2.24, 2.45) is 0 Å². The summed E-state index contributed by atoms with van der Waals surface area (Å²) in [7, 11) is 0. The molecule has 0 spiro atoms. The molecule has 5 heterocycles. The summed E-state index contributed by atoms with van der Waals surface area (Å²) in [5.74, 6) is 0. The second-order valence-corrected chi connectivity index (χ2v) is 7.37. The summed E-state index contributed by atoms with van der Waals surface area (Å²) in [4.78, 5) is 13.5. The molecule has 0 bridgehead atoms. The molecular formula is C25H14N4O. The molecule has 0 N–H and O–H groups in total. The van der Waals surface area contributed by atoms with Crippen LogP contribution in [-0.4, -0.2) is 19.5 Å². The lowest BCUT2D eigenvalue weighted by atomic mass is 10.0. The van der Waals surface area contributed by atoms with Gasteiger partial charge in [-0.3, -0.25) is 14.5 Å². The Bertz CT molecular complexity index is 1750. The van der Waals surface area contributed by atoms with Gasteiger partial charge >= 0.3 is 0 Å². The Labute approximate surface area is 170 Å². The van der Waals surface area contributed by atoms with Crippen molar-refractivity contribution in [1.82, 2.24) is 19.5 Å². The molecule has 0 saturated carbocycles. The molecule has 0 atom stereocenters. The van der Waals surface area contributed by atoms with Crippen molar-refractivity contribution >= 4 is 54.6 Å². The number of pyridine rings is 3. The van der Waals surface area contributed by atoms with Crippen LogP contribution in [-0.2, 0) is 0 Å². The number of para-hydroxylation sites is 1. The highest BCUT2D eigenvalue weighted by molar-refractivity contribution is 6.34. The normalized spacial score (nSPS) is 12.0. The molecule has 30 heavy (non-hydrogen) atoms. The first-order chi connectivity index (χ1) is 14.9. The molecule has 0 aliphatic rings. The minimum Gasteiger partial charge on any atom is -0.455 e. The van der Waals surface area contributed by atoms with Crippen LogP contribution in [0.3, 0.4) is 0 Å². The monoisotopic (exact) mass is 386 g/mol. The highest BCUT2D eigenvalue weighted by Crippen LogP contribution is 2.44. The van der Waals surface area contributed by atoms with E-state index in [2.05, 4.69) is 38.8 Å². The van der Waals surface area contributed by atoms with Crippen molar-refractivity contribution in [3.63, 3.8) is 0 Å². The number of nitrogens with zero attached hydrogens (tertiary/aromatic N) is 4. The first-order valence-electron chi connectivity index (χ1n) is 9.78. The second-order valence-electron chi connectivity index (χ2n) is 7.37. The quantitative estimate of drug-likeness (QED) is 0.346. The Morgan fingerprint density at radius 3 is 2.47 bits per heavy atom. The fourth-order valence-corrected chi connectivity index (χ4v) is 4.62. The van der Waals surface area contributed by atoms with Gasteiger partial charge in [0.15, 0.2) is 0 Å². The average Bonchev–Trinajstić information content (AvgIpc) is 3.36. The van der Waals surface area contributed by atoms with Gasteiger partial charge in [0.25, 0.3) is 0 Å². The minimum atomic E-state index is 0.869. The number of rotatable bonds is 1. The van der Waals surface area contributed by atoms with Gasteiger partial charge in [-0.1, -0.05) is 18.2 Å². The number of fused-ring (bicyclic) bond motifs is 10. The maximum atomic E-state index is 6.38. The lowest BCUT2D eigenvalue weighted by Crippen LogP contribution is -1.96. The summed E-state index contributed by atoms with van der Waals surface area (Å²) in [6.45, 7) is 0. The topological polar surface area (TPSA) is 56.7 Å². The Morgan fingerprint density at radius 1 is 0.667 bits per heavy atom. The lowest BCUT2D eigenvalue weighted by molar-refractivity contribution is 0.673. The van der Waals surface area contributed by atoms with Gasteiger partial charge in [0.1, 0.15) is 16.8 Å². The van der Waals surface area contributed by atoms with Gasteiger partial charge in [-0.25, -0.2) is 4.98 Å². The Balaban J connectivity index is 1.91. The lowest BCUT2D eigenvalue weighted by Gasteiger charge is -2.08. The van der Waals surface area contributed by atoms with Crippen molar-refractivity contribution < 1.29 is 4.42 Å². The first-order valence-corrected chi connectivity index (χ1v) is 9.78. The molecule has 0 radical (unpaired) electrons. The molecule has 0 unspecified atom stereocenters. The molecule has 0 aliphatic carbocycles. The van der Waals surface area contributed by atoms with Gasteiger partial charge in [0.2, 0.25) is 0 Å². The van der Waals surface area contributed by atoms with E-state index in [0.29, 0.717) is 0 Å². The number of hydrogen-bond donors (Lipinski definition) is 0. The summed E-state index contributed by atoms with van der Waals surface area (Å²) in [5, 5.41) is 6.49. The summed E-state index contributed by atoms with van der Waals surface area (Å²) < 4.78 is 8.57. The average molecular weight is 386 g/mol. The van der Waals surface area contributed by atoms with Crippen LogP contribution >= 0.6 is 0 Å². The molecule has 0 aliphatic heterocycles. The summed E-state index contributed by atoms with van der Waals surface area (Å²) in [6, 6.07) is 18.3. The van der Waals surface area contributed by atoms with Crippen molar-refractivity contribution in [2.45, 2.75) is 0 Å². The van der Waals surface area contributed by atoms with E-state index in [1.165, 1.54) is 0 Å². The van der Waals surface area contributed by atoms with Gasteiger partial charge in [-0.05, 0) is 36.4 Å². The highest BCUT2D eigenvalue weighted by atomic mass is 16.3. The maximum Gasteiger partial charge on any atom is 0.145 e. The predicted molar refractivity (Wildman–Crippen MR) is 119 cm³/mol. The van der Waals surface area contributed by atoms with E-state index >= 15 is 0 Å². The Morgan fingerprint density at radius 2 is 1.53 bits per heavy atom. The number of aromatic nitrogens is 4. The van der Waals surface area contributed by atoms with Crippen LogP contribution in [0.5, 0.6) is 0 Å². The fraction of sp³-hybridized carbons (Fsp3) is 0. The van der Waals surface area contributed by atoms with E-state index < -0.39 is 0 Å². The molecule has 0 amide bonds. The van der Waals surface area contributed by atoms with Gasteiger partial charge in [-0.15, -0.1) is 0 Å². The zero-order valence-corrected chi connectivity index (χ0v) is 15.8. The molecule has 7 rings (SSSR count). The van der Waals surface area contributed by atoms with Gasteiger partial charge < -0.3 is 4.42 Å². The van der Waals surface area contributed by atoms with Crippen LogP contribution in [0.25, 0.3) is 60.3 Å². The van der Waals surface area contributed by atoms with Crippen molar-refractivity contribution in [2.75, 3.05) is 0 Å². The van der Waals surface area contributed by atoms with E-state index in [0.717, 1.165) is 60.3 Å². The number of furan rings is 1. The number of hydrogen-bond acceptors (Lipinski definition) is 4. The molecule has 5 nitrogen and oxygen atoms in total. The molecule has 0 saturated heterocycles. The second kappa shape index (κ2) is 5.64. The molecular weight excluding hydrogens is 372 g/mol. The predicted octanol–water partition coefficient (Wildman–Crippen LogP) is 6.02. The van der Waals surface area contributed by atoms with E-state index in [-0.39, 0.29) is 0 Å². The zero-order chi connectivity index (χ0) is 19.7. The van der Waals surface area contributed by atoms with Gasteiger partial charge in [-0.2, -0.15) is 0 Å². The van der Waals surface area contributed by atoms with Crippen LogP contribution < -0.4 is 0 Å². The van der Waals surface area contributed by atoms with Crippen LogP contribution in [0.2, 0.25) is 0 Å². The number of benzene rings is 2. The molecule has 5 aromatic heterocycles. The molecule has 7 aromatic rings. The zero-order valence-electron chi connectivity index (χ0n) is 15.8. The SMILES string of the molecule is c1cncc(-n2c3ncccc3c3c4cnccc4c4oc5ccccc5c4c32)c1. The summed E-state index contributed by atoms with van der Waals surface area (Å²) >= 11 is 0. The van der Waals surface area contributed by atoms with Crippen LogP contribution in [0.15, 0.2) is 90.0 Å². The van der Waals surface area contributed by atoms with Crippen molar-refractivity contribution in [1.29, 1.82) is 0 Å². The van der Waals surface area contributed by atoms with E-state index in [9.17, 15) is 0 Å². The molecule has 5 heteroatoms.